The first-order chi connectivity index (χ1) is 14.2. The Bertz CT molecular complexity index is 936. The minimum Gasteiger partial charge on any atom is -0.379 e. The topological polar surface area (TPSA) is 75.7 Å². The van der Waals surface area contributed by atoms with Crippen LogP contribution in [0.4, 0.5) is 0 Å². The summed E-state index contributed by atoms with van der Waals surface area (Å²) in [5.41, 5.74) is 0.623. The summed E-state index contributed by atoms with van der Waals surface area (Å²) in [6.45, 7) is 4.50. The first kappa shape index (κ1) is 24.8. The van der Waals surface area contributed by atoms with Crippen molar-refractivity contribution in [1.82, 2.24) is 9.62 Å². The van der Waals surface area contributed by atoms with Crippen molar-refractivity contribution in [3.05, 3.63) is 63.6 Å². The molecule has 1 N–H and O–H groups in total. The predicted molar refractivity (Wildman–Crippen MR) is 122 cm³/mol. The van der Waals surface area contributed by atoms with Gasteiger partial charge >= 0.3 is 0 Å². The number of hydrogen-bond acceptors (Lipinski definition) is 4. The van der Waals surface area contributed by atoms with Crippen molar-refractivity contribution >= 4 is 43.5 Å². The van der Waals surface area contributed by atoms with E-state index < -0.39 is 10.0 Å². The van der Waals surface area contributed by atoms with Crippen molar-refractivity contribution in [1.29, 1.82) is 0 Å². The molecular weight excluding hydrogens is 492 g/mol. The van der Waals surface area contributed by atoms with Gasteiger partial charge in [0.1, 0.15) is 0 Å². The Morgan fingerprint density at radius 3 is 2.47 bits per heavy atom. The molecular formula is C21H26BrClN2O4S. The zero-order chi connectivity index (χ0) is 22.1. The zero-order valence-electron chi connectivity index (χ0n) is 17.0. The Morgan fingerprint density at radius 2 is 1.83 bits per heavy atom. The van der Waals surface area contributed by atoms with E-state index in [1.807, 2.05) is 13.8 Å². The lowest BCUT2D eigenvalue weighted by Crippen LogP contribution is -2.40. The van der Waals surface area contributed by atoms with Gasteiger partial charge in [0.15, 0.2) is 0 Å². The molecule has 0 aromatic heterocycles. The van der Waals surface area contributed by atoms with Gasteiger partial charge < -0.3 is 10.1 Å². The summed E-state index contributed by atoms with van der Waals surface area (Å²) < 4.78 is 33.8. The van der Waals surface area contributed by atoms with Gasteiger partial charge in [0.05, 0.1) is 17.5 Å². The van der Waals surface area contributed by atoms with E-state index in [1.54, 1.807) is 36.4 Å². The van der Waals surface area contributed by atoms with Crippen molar-refractivity contribution in [2.24, 2.45) is 0 Å². The average Bonchev–Trinajstić information content (AvgIpc) is 2.69. The van der Waals surface area contributed by atoms with Gasteiger partial charge in [0.2, 0.25) is 15.9 Å². The molecule has 0 aliphatic heterocycles. The lowest BCUT2D eigenvalue weighted by molar-refractivity contribution is -0.121. The smallest absolute Gasteiger partial charge is 0.243 e. The highest BCUT2D eigenvalue weighted by atomic mass is 79.9. The minimum atomic E-state index is -3.91. The minimum absolute atomic E-state index is 0.0120. The maximum absolute atomic E-state index is 13.2. The number of carbonyl (C=O) groups excluding carboxylic acids is 1. The number of benzene rings is 2. The van der Waals surface area contributed by atoms with Crippen molar-refractivity contribution in [2.75, 3.05) is 19.7 Å². The second-order valence-corrected chi connectivity index (χ2v) is 10.2. The zero-order valence-corrected chi connectivity index (χ0v) is 20.1. The molecule has 0 heterocycles. The quantitative estimate of drug-likeness (QED) is 0.453. The summed E-state index contributed by atoms with van der Waals surface area (Å²) >= 11 is 9.53. The van der Waals surface area contributed by atoms with Gasteiger partial charge in [-0.25, -0.2) is 8.42 Å². The Morgan fingerprint density at radius 1 is 1.17 bits per heavy atom. The molecule has 0 saturated heterocycles. The molecule has 30 heavy (non-hydrogen) atoms. The van der Waals surface area contributed by atoms with E-state index in [2.05, 4.69) is 21.2 Å². The highest BCUT2D eigenvalue weighted by molar-refractivity contribution is 9.10. The molecule has 164 valence electrons. The molecule has 0 radical (unpaired) electrons. The number of amides is 1. The van der Waals surface area contributed by atoms with Gasteiger partial charge in [-0.1, -0.05) is 45.7 Å². The van der Waals surface area contributed by atoms with E-state index in [4.69, 9.17) is 16.3 Å². The van der Waals surface area contributed by atoms with E-state index in [-0.39, 0.29) is 30.0 Å². The van der Waals surface area contributed by atoms with Crippen LogP contribution >= 0.6 is 27.5 Å². The molecule has 2 aromatic carbocycles. The van der Waals surface area contributed by atoms with E-state index in [9.17, 15) is 13.2 Å². The third-order valence-electron chi connectivity index (χ3n) is 4.17. The third-order valence-corrected chi connectivity index (χ3v) is 6.87. The molecule has 0 bridgehead atoms. The first-order valence-electron chi connectivity index (χ1n) is 9.57. The lowest BCUT2D eigenvalue weighted by atomic mass is 10.2. The number of halogens is 2. The maximum atomic E-state index is 13.2. The molecule has 0 fully saturated rings. The molecule has 2 aromatic rings. The Hall–Kier alpha value is -1.45. The summed E-state index contributed by atoms with van der Waals surface area (Å²) in [6.07, 6.45) is 0.774. The number of nitrogens with one attached hydrogen (secondary N) is 1. The molecule has 0 atom stereocenters. The Balaban J connectivity index is 2.14. The fourth-order valence-corrected chi connectivity index (χ4v) is 4.47. The molecule has 1 amide bonds. The van der Waals surface area contributed by atoms with Crippen molar-refractivity contribution in [3.63, 3.8) is 0 Å². The summed E-state index contributed by atoms with van der Waals surface area (Å²) in [6, 6.07) is 13.3. The first-order valence-corrected chi connectivity index (χ1v) is 12.2. The van der Waals surface area contributed by atoms with Crippen molar-refractivity contribution < 1.29 is 17.9 Å². The summed E-state index contributed by atoms with van der Waals surface area (Å²) in [5.74, 6) is -0.382. The summed E-state index contributed by atoms with van der Waals surface area (Å²) in [5, 5.41) is 3.20. The third kappa shape index (κ3) is 7.67. The number of nitrogens with zero attached hydrogens (tertiary/aromatic N) is 1. The molecule has 0 aliphatic carbocycles. The van der Waals surface area contributed by atoms with E-state index in [1.165, 1.54) is 12.1 Å². The summed E-state index contributed by atoms with van der Waals surface area (Å²) in [7, 11) is -3.91. The van der Waals surface area contributed by atoms with Gasteiger partial charge in [0, 0.05) is 29.2 Å². The lowest BCUT2D eigenvalue weighted by Gasteiger charge is -2.22. The molecule has 0 saturated carbocycles. The second-order valence-electron chi connectivity index (χ2n) is 6.94. The highest BCUT2D eigenvalue weighted by Crippen LogP contribution is 2.23. The molecule has 0 spiro atoms. The number of rotatable bonds is 11. The van der Waals surface area contributed by atoms with Crippen molar-refractivity contribution in [2.45, 2.75) is 37.8 Å². The molecule has 2 rings (SSSR count). The molecule has 9 heteroatoms. The van der Waals surface area contributed by atoms with E-state index in [0.717, 1.165) is 8.78 Å². The number of hydrogen-bond donors (Lipinski definition) is 1. The average molecular weight is 518 g/mol. The Kier molecular flexibility index (Phi) is 9.77. The molecule has 0 aliphatic rings. The van der Waals surface area contributed by atoms with Gasteiger partial charge in [0.25, 0.3) is 0 Å². The largest absolute Gasteiger partial charge is 0.379 e. The van der Waals surface area contributed by atoms with Crippen molar-refractivity contribution in [3.8, 4) is 0 Å². The van der Waals surface area contributed by atoms with Crippen LogP contribution in [0.3, 0.4) is 0 Å². The summed E-state index contributed by atoms with van der Waals surface area (Å²) in [4.78, 5) is 12.6. The number of ether oxygens (including phenoxy) is 1. The van der Waals surface area contributed by atoms with Gasteiger partial charge in [-0.15, -0.1) is 0 Å². The second kappa shape index (κ2) is 11.8. The fourth-order valence-electron chi connectivity index (χ4n) is 2.63. The normalized spacial score (nSPS) is 11.8. The van der Waals surface area contributed by atoms with Gasteiger partial charge in [-0.2, -0.15) is 4.31 Å². The van der Waals surface area contributed by atoms with E-state index >= 15 is 0 Å². The van der Waals surface area contributed by atoms with Crippen LogP contribution in [-0.4, -0.2) is 44.4 Å². The SMILES string of the molecule is CC(C)OCCCNC(=O)CN(Cc1ccccc1Cl)S(=O)(=O)c1ccc(Br)cc1. The van der Waals surface area contributed by atoms with Crippen LogP contribution < -0.4 is 5.32 Å². The molecule has 0 unspecified atom stereocenters. The predicted octanol–water partition coefficient (Wildman–Crippen LogP) is 4.22. The van der Waals surface area contributed by atoms with Crippen LogP contribution in [0.15, 0.2) is 57.9 Å². The molecule has 6 nitrogen and oxygen atoms in total. The van der Waals surface area contributed by atoms with Crippen LogP contribution in [0.25, 0.3) is 0 Å². The maximum Gasteiger partial charge on any atom is 0.243 e. The monoisotopic (exact) mass is 516 g/mol. The van der Waals surface area contributed by atoms with Gasteiger partial charge in [-0.05, 0) is 56.2 Å². The van der Waals surface area contributed by atoms with Crippen LogP contribution in [-0.2, 0) is 26.1 Å². The Labute approximate surface area is 191 Å². The number of sulfonamides is 1. The highest BCUT2D eigenvalue weighted by Gasteiger charge is 2.27. The van der Waals surface area contributed by atoms with Gasteiger partial charge in [-0.3, -0.25) is 4.79 Å². The van der Waals surface area contributed by atoms with Crippen LogP contribution in [0.1, 0.15) is 25.8 Å². The van der Waals surface area contributed by atoms with Crippen LogP contribution in [0, 0.1) is 0 Å². The van der Waals surface area contributed by atoms with Crippen LogP contribution in [0.2, 0.25) is 5.02 Å². The fraction of sp³-hybridized carbons (Fsp3) is 0.381. The number of carbonyl (C=O) groups is 1. The van der Waals surface area contributed by atoms with Crippen LogP contribution in [0.5, 0.6) is 0 Å². The van der Waals surface area contributed by atoms with E-state index in [0.29, 0.717) is 30.2 Å². The standard InChI is InChI=1S/C21H26BrClN2O4S/c1-16(2)29-13-5-12-24-21(26)15-25(14-17-6-3-4-7-20(17)23)30(27,28)19-10-8-18(22)9-11-19/h3-4,6-11,16H,5,12-15H2,1-2H3,(H,24,26).